The molecule has 3 nitrogen and oxygen atoms in total. The fraction of sp³-hybridized carbons (Fsp3) is 0.368. The molecule has 0 amide bonds. The van der Waals surface area contributed by atoms with E-state index in [-0.39, 0.29) is 0 Å². The highest BCUT2D eigenvalue weighted by molar-refractivity contribution is 6.08. The van der Waals surface area contributed by atoms with Crippen LogP contribution in [0.15, 0.2) is 36.4 Å². The molecule has 2 N–H and O–H groups in total. The van der Waals surface area contributed by atoms with Gasteiger partial charge in [-0.2, -0.15) is 0 Å². The first-order valence-corrected chi connectivity index (χ1v) is 8.02. The number of aromatic amines is 1. The normalized spacial score (nSPS) is 11.4. The van der Waals surface area contributed by atoms with Gasteiger partial charge in [0.25, 0.3) is 0 Å². The molecule has 0 saturated heterocycles. The van der Waals surface area contributed by atoms with Crippen LogP contribution in [0.25, 0.3) is 21.8 Å². The molecular formula is C19H23NO2. The van der Waals surface area contributed by atoms with Gasteiger partial charge in [-0.1, -0.05) is 31.0 Å². The first-order valence-electron chi connectivity index (χ1n) is 8.02. The molecule has 3 aromatic rings. The average molecular weight is 297 g/mol. The second-order valence-corrected chi connectivity index (χ2v) is 5.73. The summed E-state index contributed by atoms with van der Waals surface area (Å²) in [5.74, 6) is 0.959. The second kappa shape index (κ2) is 6.84. The van der Waals surface area contributed by atoms with Crippen LogP contribution in [0.5, 0.6) is 5.75 Å². The van der Waals surface area contributed by atoms with Gasteiger partial charge in [0.15, 0.2) is 0 Å². The number of nitrogens with one attached hydrogen (secondary N) is 1. The third kappa shape index (κ3) is 2.81. The van der Waals surface area contributed by atoms with Crippen molar-refractivity contribution in [3.05, 3.63) is 42.0 Å². The maximum absolute atomic E-state index is 8.86. The lowest BCUT2D eigenvalue weighted by atomic mass is 10.0. The van der Waals surface area contributed by atoms with Crippen molar-refractivity contribution in [3.8, 4) is 5.75 Å². The van der Waals surface area contributed by atoms with Crippen LogP contribution in [0.4, 0.5) is 0 Å². The number of methoxy groups -OCH3 is 1. The van der Waals surface area contributed by atoms with Gasteiger partial charge in [0.2, 0.25) is 0 Å². The average Bonchev–Trinajstić information content (AvgIpc) is 2.93. The van der Waals surface area contributed by atoms with E-state index in [4.69, 9.17) is 9.84 Å². The number of rotatable bonds is 7. The topological polar surface area (TPSA) is 45.2 Å². The molecule has 116 valence electrons. The zero-order chi connectivity index (χ0) is 15.4. The molecule has 2 aromatic carbocycles. The number of benzene rings is 2. The first-order chi connectivity index (χ1) is 10.8. The van der Waals surface area contributed by atoms with E-state index in [0.717, 1.165) is 37.9 Å². The quantitative estimate of drug-likeness (QED) is 0.634. The van der Waals surface area contributed by atoms with Crippen LogP contribution in [-0.2, 0) is 6.42 Å². The minimum absolute atomic E-state index is 0.293. The van der Waals surface area contributed by atoms with Crippen molar-refractivity contribution in [2.24, 2.45) is 0 Å². The van der Waals surface area contributed by atoms with Gasteiger partial charge < -0.3 is 14.8 Å². The molecule has 1 aromatic heterocycles. The number of unbranched alkanes of at least 4 members (excludes halogenated alkanes) is 3. The highest BCUT2D eigenvalue weighted by atomic mass is 16.5. The zero-order valence-electron chi connectivity index (χ0n) is 13.1. The smallest absolute Gasteiger partial charge is 0.124 e. The standard InChI is InChI=1S/C19H23NO2/c1-22-18-12-11-15-14-8-5-6-10-17(14)20-19(15)16(18)9-4-2-3-7-13-21/h5-6,8,10-12,20-21H,2-4,7,9,13H2,1H3. The summed E-state index contributed by atoms with van der Waals surface area (Å²) in [4.78, 5) is 3.55. The molecular weight excluding hydrogens is 274 g/mol. The number of H-pyrrole nitrogens is 1. The van der Waals surface area contributed by atoms with Crippen LogP contribution < -0.4 is 4.74 Å². The summed E-state index contributed by atoms with van der Waals surface area (Å²) in [6, 6.07) is 12.6. The van der Waals surface area contributed by atoms with Gasteiger partial charge in [-0.3, -0.25) is 0 Å². The second-order valence-electron chi connectivity index (χ2n) is 5.73. The highest BCUT2D eigenvalue weighted by Gasteiger charge is 2.12. The van der Waals surface area contributed by atoms with Crippen molar-refractivity contribution < 1.29 is 9.84 Å². The lowest BCUT2D eigenvalue weighted by Gasteiger charge is -2.10. The number of ether oxygens (including phenoxy) is 1. The van der Waals surface area contributed by atoms with E-state index in [2.05, 4.69) is 41.4 Å². The maximum Gasteiger partial charge on any atom is 0.124 e. The van der Waals surface area contributed by atoms with Crippen molar-refractivity contribution in [2.75, 3.05) is 13.7 Å². The molecule has 0 bridgehead atoms. The SMILES string of the molecule is COc1ccc2c([nH]c3ccccc32)c1CCCCCCO. The Morgan fingerprint density at radius 3 is 2.59 bits per heavy atom. The van der Waals surface area contributed by atoms with E-state index in [1.807, 2.05) is 0 Å². The Bertz CT molecular complexity index is 761. The molecule has 3 heteroatoms. The molecule has 0 unspecified atom stereocenters. The Morgan fingerprint density at radius 1 is 0.955 bits per heavy atom. The lowest BCUT2D eigenvalue weighted by Crippen LogP contribution is -1.94. The Labute approximate surface area is 130 Å². The van der Waals surface area contributed by atoms with Crippen LogP contribution in [-0.4, -0.2) is 23.8 Å². The molecule has 3 rings (SSSR count). The molecule has 1 heterocycles. The van der Waals surface area contributed by atoms with Crippen molar-refractivity contribution in [2.45, 2.75) is 32.1 Å². The number of aliphatic hydroxyl groups is 1. The summed E-state index contributed by atoms with van der Waals surface area (Å²) < 4.78 is 5.57. The van der Waals surface area contributed by atoms with Crippen molar-refractivity contribution in [1.82, 2.24) is 4.98 Å². The number of aryl methyl sites for hydroxylation is 1. The Kier molecular flexibility index (Phi) is 4.64. The van der Waals surface area contributed by atoms with Gasteiger partial charge in [-0.05, 0) is 37.5 Å². The minimum atomic E-state index is 0.293. The largest absolute Gasteiger partial charge is 0.496 e. The van der Waals surface area contributed by atoms with Gasteiger partial charge >= 0.3 is 0 Å². The first kappa shape index (κ1) is 14.9. The van der Waals surface area contributed by atoms with Crippen LogP contribution >= 0.6 is 0 Å². The molecule has 22 heavy (non-hydrogen) atoms. The van der Waals surface area contributed by atoms with Gasteiger partial charge in [-0.15, -0.1) is 0 Å². The lowest BCUT2D eigenvalue weighted by molar-refractivity contribution is 0.282. The third-order valence-corrected chi connectivity index (χ3v) is 4.30. The Morgan fingerprint density at radius 2 is 1.77 bits per heavy atom. The van der Waals surface area contributed by atoms with Gasteiger partial charge in [0, 0.05) is 28.5 Å². The third-order valence-electron chi connectivity index (χ3n) is 4.30. The molecule has 0 aliphatic heterocycles. The van der Waals surface area contributed by atoms with Gasteiger partial charge in [-0.25, -0.2) is 0 Å². The molecule has 0 radical (unpaired) electrons. The van der Waals surface area contributed by atoms with E-state index in [1.54, 1.807) is 7.11 Å². The number of aliphatic hydroxyl groups excluding tert-OH is 1. The summed E-state index contributed by atoms with van der Waals surface area (Å²) >= 11 is 0. The highest BCUT2D eigenvalue weighted by Crippen LogP contribution is 2.33. The van der Waals surface area contributed by atoms with Gasteiger partial charge in [0.05, 0.1) is 12.6 Å². The molecule has 0 aliphatic rings. The van der Waals surface area contributed by atoms with E-state index in [0.29, 0.717) is 6.61 Å². The number of hydrogen-bond donors (Lipinski definition) is 2. The van der Waals surface area contributed by atoms with Crippen molar-refractivity contribution in [3.63, 3.8) is 0 Å². The predicted molar refractivity (Wildman–Crippen MR) is 91.6 cm³/mol. The van der Waals surface area contributed by atoms with Crippen LogP contribution in [0.2, 0.25) is 0 Å². The van der Waals surface area contributed by atoms with Crippen LogP contribution in [0, 0.1) is 0 Å². The zero-order valence-corrected chi connectivity index (χ0v) is 13.1. The van der Waals surface area contributed by atoms with Crippen molar-refractivity contribution in [1.29, 1.82) is 0 Å². The number of aromatic nitrogens is 1. The number of hydrogen-bond acceptors (Lipinski definition) is 2. The summed E-state index contributed by atoms with van der Waals surface area (Å²) in [6.45, 7) is 0.293. The number of para-hydroxylation sites is 1. The fourth-order valence-electron chi connectivity index (χ4n) is 3.16. The van der Waals surface area contributed by atoms with E-state index in [9.17, 15) is 0 Å². The van der Waals surface area contributed by atoms with Gasteiger partial charge in [0.1, 0.15) is 5.75 Å². The summed E-state index contributed by atoms with van der Waals surface area (Å²) in [5, 5.41) is 11.4. The molecule has 0 atom stereocenters. The molecule has 0 aliphatic carbocycles. The Hall–Kier alpha value is -2.00. The fourth-order valence-corrected chi connectivity index (χ4v) is 3.16. The molecule has 0 fully saturated rings. The molecule has 0 spiro atoms. The van der Waals surface area contributed by atoms with E-state index >= 15 is 0 Å². The van der Waals surface area contributed by atoms with Crippen molar-refractivity contribution >= 4 is 21.8 Å². The maximum atomic E-state index is 8.86. The van der Waals surface area contributed by atoms with Crippen LogP contribution in [0.3, 0.4) is 0 Å². The van der Waals surface area contributed by atoms with E-state index < -0.39 is 0 Å². The Balaban J connectivity index is 1.94. The number of fused-ring (bicyclic) bond motifs is 3. The van der Waals surface area contributed by atoms with Crippen LogP contribution in [0.1, 0.15) is 31.2 Å². The summed E-state index contributed by atoms with van der Waals surface area (Å²) in [7, 11) is 1.74. The summed E-state index contributed by atoms with van der Waals surface area (Å²) in [6.07, 6.45) is 5.24. The summed E-state index contributed by atoms with van der Waals surface area (Å²) in [5.41, 5.74) is 3.63. The monoisotopic (exact) mass is 297 g/mol. The predicted octanol–water partition coefficient (Wildman–Crippen LogP) is 4.42. The minimum Gasteiger partial charge on any atom is -0.496 e. The van der Waals surface area contributed by atoms with E-state index in [1.165, 1.54) is 27.4 Å². The molecule has 0 saturated carbocycles.